The Morgan fingerprint density at radius 3 is 2.50 bits per heavy atom. The standard InChI is InChI=1S/C21H19ClN2O3.ClH/c22-17-7-9-20(24-13-17)27-19-8-6-15(14-4-2-1-3-5-14)10-16(19)11-18(23)12-21(25)26;/h1-10,13,18H,11-12,23H2,(H,25,26);1H. The van der Waals surface area contributed by atoms with Crippen LogP contribution in [0.3, 0.4) is 0 Å². The van der Waals surface area contributed by atoms with E-state index in [4.69, 9.17) is 27.2 Å². The predicted molar refractivity (Wildman–Crippen MR) is 112 cm³/mol. The van der Waals surface area contributed by atoms with Gasteiger partial charge in [-0.1, -0.05) is 48.0 Å². The van der Waals surface area contributed by atoms with Gasteiger partial charge in [-0.05, 0) is 41.3 Å². The van der Waals surface area contributed by atoms with E-state index in [1.807, 2.05) is 48.5 Å². The van der Waals surface area contributed by atoms with Crippen molar-refractivity contribution in [3.05, 3.63) is 77.4 Å². The first-order chi connectivity index (χ1) is 13.0. The van der Waals surface area contributed by atoms with Crippen LogP contribution in [-0.4, -0.2) is 22.1 Å². The largest absolute Gasteiger partial charge is 0.481 e. The van der Waals surface area contributed by atoms with E-state index in [-0.39, 0.29) is 18.8 Å². The summed E-state index contributed by atoms with van der Waals surface area (Å²) >= 11 is 5.86. The van der Waals surface area contributed by atoms with Crippen molar-refractivity contribution in [1.29, 1.82) is 0 Å². The van der Waals surface area contributed by atoms with Gasteiger partial charge in [-0.15, -0.1) is 12.4 Å². The number of aliphatic carboxylic acids is 1. The molecular formula is C21H20Cl2N2O3. The Morgan fingerprint density at radius 1 is 1.11 bits per heavy atom. The van der Waals surface area contributed by atoms with Gasteiger partial charge in [0.15, 0.2) is 0 Å². The second-order valence-electron chi connectivity index (χ2n) is 6.17. The average Bonchev–Trinajstić information content (AvgIpc) is 2.65. The molecule has 0 spiro atoms. The summed E-state index contributed by atoms with van der Waals surface area (Å²) in [7, 11) is 0. The molecule has 0 fully saturated rings. The van der Waals surface area contributed by atoms with Gasteiger partial charge >= 0.3 is 5.97 Å². The fraction of sp³-hybridized carbons (Fsp3) is 0.143. The Morgan fingerprint density at radius 2 is 1.86 bits per heavy atom. The first-order valence-electron chi connectivity index (χ1n) is 8.46. The van der Waals surface area contributed by atoms with Gasteiger partial charge in [-0.2, -0.15) is 0 Å². The van der Waals surface area contributed by atoms with Gasteiger partial charge < -0.3 is 15.6 Å². The van der Waals surface area contributed by atoms with Crippen LogP contribution in [0.25, 0.3) is 11.1 Å². The van der Waals surface area contributed by atoms with Crippen molar-refractivity contribution >= 4 is 30.0 Å². The normalized spacial score (nSPS) is 11.4. The maximum absolute atomic E-state index is 11.0. The van der Waals surface area contributed by atoms with E-state index in [9.17, 15) is 4.79 Å². The van der Waals surface area contributed by atoms with E-state index in [1.54, 1.807) is 12.1 Å². The molecular weight excluding hydrogens is 399 g/mol. The summed E-state index contributed by atoms with van der Waals surface area (Å²) in [5, 5.41) is 9.51. The minimum atomic E-state index is -0.927. The molecule has 3 N–H and O–H groups in total. The van der Waals surface area contributed by atoms with Crippen molar-refractivity contribution in [2.75, 3.05) is 0 Å². The third kappa shape index (κ3) is 5.96. The number of carboxylic acid groups (broad SMARTS) is 1. The van der Waals surface area contributed by atoms with E-state index in [0.717, 1.165) is 16.7 Å². The number of carbonyl (C=O) groups is 1. The molecule has 1 heterocycles. The fourth-order valence-electron chi connectivity index (χ4n) is 2.76. The number of pyridine rings is 1. The molecule has 0 aliphatic rings. The van der Waals surface area contributed by atoms with Gasteiger partial charge in [0.1, 0.15) is 5.75 Å². The molecule has 28 heavy (non-hydrogen) atoms. The highest BCUT2D eigenvalue weighted by molar-refractivity contribution is 6.30. The number of hydrogen-bond acceptors (Lipinski definition) is 4. The van der Waals surface area contributed by atoms with Crippen LogP contribution >= 0.6 is 24.0 Å². The molecule has 1 aromatic heterocycles. The van der Waals surface area contributed by atoms with E-state index in [2.05, 4.69) is 4.98 Å². The molecule has 7 heteroatoms. The Labute approximate surface area is 174 Å². The molecule has 5 nitrogen and oxygen atoms in total. The quantitative estimate of drug-likeness (QED) is 0.565. The average molecular weight is 419 g/mol. The Bertz CT molecular complexity index is 919. The number of nitrogens with two attached hydrogens (primary N) is 1. The zero-order valence-electron chi connectivity index (χ0n) is 14.9. The lowest BCUT2D eigenvalue weighted by Gasteiger charge is -2.15. The van der Waals surface area contributed by atoms with Crippen LogP contribution in [0, 0.1) is 0 Å². The summed E-state index contributed by atoms with van der Waals surface area (Å²) in [6, 6.07) is 18.5. The Balaban J connectivity index is 0.00000280. The summed E-state index contributed by atoms with van der Waals surface area (Å²) in [5.41, 5.74) is 8.89. The van der Waals surface area contributed by atoms with Crippen LogP contribution < -0.4 is 10.5 Å². The lowest BCUT2D eigenvalue weighted by molar-refractivity contribution is -0.137. The number of carboxylic acids is 1. The molecule has 0 saturated heterocycles. The summed E-state index contributed by atoms with van der Waals surface area (Å²) in [4.78, 5) is 15.1. The number of ether oxygens (including phenoxy) is 1. The zero-order chi connectivity index (χ0) is 19.2. The molecule has 3 rings (SSSR count). The summed E-state index contributed by atoms with van der Waals surface area (Å²) in [6.07, 6.45) is 1.76. The number of rotatable bonds is 7. The number of aromatic nitrogens is 1. The molecule has 3 aromatic rings. The zero-order valence-corrected chi connectivity index (χ0v) is 16.5. The molecule has 146 valence electrons. The smallest absolute Gasteiger partial charge is 0.304 e. The maximum atomic E-state index is 11.0. The molecule has 0 aliphatic heterocycles. The molecule has 0 bridgehead atoms. The molecule has 0 saturated carbocycles. The van der Waals surface area contributed by atoms with Crippen molar-refractivity contribution < 1.29 is 14.6 Å². The number of nitrogens with zero attached hydrogens (tertiary/aromatic N) is 1. The Hall–Kier alpha value is -2.60. The highest BCUT2D eigenvalue weighted by Crippen LogP contribution is 2.30. The fourth-order valence-corrected chi connectivity index (χ4v) is 2.87. The highest BCUT2D eigenvalue weighted by atomic mass is 35.5. The van der Waals surface area contributed by atoms with Gasteiger partial charge in [0.2, 0.25) is 5.88 Å². The summed E-state index contributed by atoms with van der Waals surface area (Å²) < 4.78 is 5.89. The molecule has 0 radical (unpaired) electrons. The van der Waals surface area contributed by atoms with E-state index in [0.29, 0.717) is 23.1 Å². The number of benzene rings is 2. The van der Waals surface area contributed by atoms with Crippen LogP contribution in [-0.2, 0) is 11.2 Å². The molecule has 0 aliphatic carbocycles. The SMILES string of the molecule is Cl.NC(CC(=O)O)Cc1cc(-c2ccccc2)ccc1Oc1ccc(Cl)cn1. The lowest BCUT2D eigenvalue weighted by atomic mass is 9.97. The van der Waals surface area contributed by atoms with Gasteiger partial charge in [-0.25, -0.2) is 4.98 Å². The molecule has 1 unspecified atom stereocenters. The lowest BCUT2D eigenvalue weighted by Crippen LogP contribution is -2.26. The monoisotopic (exact) mass is 418 g/mol. The molecule has 1 atom stereocenters. The summed E-state index contributed by atoms with van der Waals surface area (Å²) in [6.45, 7) is 0. The van der Waals surface area contributed by atoms with Gasteiger partial charge in [0, 0.05) is 18.3 Å². The van der Waals surface area contributed by atoms with Gasteiger partial charge in [-0.3, -0.25) is 4.79 Å². The van der Waals surface area contributed by atoms with Crippen LogP contribution in [0.4, 0.5) is 0 Å². The van der Waals surface area contributed by atoms with Crippen LogP contribution in [0.15, 0.2) is 66.9 Å². The third-order valence-corrected chi connectivity index (χ3v) is 4.22. The first kappa shape index (κ1) is 21.7. The van der Waals surface area contributed by atoms with E-state index < -0.39 is 12.0 Å². The third-order valence-electron chi connectivity index (χ3n) is 4.00. The number of hydrogen-bond donors (Lipinski definition) is 2. The molecule has 0 amide bonds. The highest BCUT2D eigenvalue weighted by Gasteiger charge is 2.14. The number of halogens is 2. The van der Waals surface area contributed by atoms with Crippen molar-refractivity contribution in [2.24, 2.45) is 5.73 Å². The molecule has 2 aromatic carbocycles. The second-order valence-corrected chi connectivity index (χ2v) is 6.60. The van der Waals surface area contributed by atoms with E-state index in [1.165, 1.54) is 6.20 Å². The van der Waals surface area contributed by atoms with Crippen LogP contribution in [0.5, 0.6) is 11.6 Å². The van der Waals surface area contributed by atoms with Gasteiger partial charge in [0.05, 0.1) is 11.4 Å². The van der Waals surface area contributed by atoms with Crippen molar-refractivity contribution in [2.45, 2.75) is 18.9 Å². The first-order valence-corrected chi connectivity index (χ1v) is 8.84. The van der Waals surface area contributed by atoms with Crippen LogP contribution in [0.2, 0.25) is 5.02 Å². The second kappa shape index (κ2) is 10.1. The summed E-state index contributed by atoms with van der Waals surface area (Å²) in [5.74, 6) is 0.0637. The Kier molecular flexibility index (Phi) is 7.81. The topological polar surface area (TPSA) is 85.4 Å². The van der Waals surface area contributed by atoms with Crippen molar-refractivity contribution in [1.82, 2.24) is 4.98 Å². The van der Waals surface area contributed by atoms with Crippen molar-refractivity contribution in [3.8, 4) is 22.8 Å². The predicted octanol–water partition coefficient (Wildman–Crippen LogP) is 4.96. The van der Waals surface area contributed by atoms with Crippen LogP contribution in [0.1, 0.15) is 12.0 Å². The van der Waals surface area contributed by atoms with Gasteiger partial charge in [0.25, 0.3) is 0 Å². The minimum absolute atomic E-state index is 0. The maximum Gasteiger partial charge on any atom is 0.304 e. The minimum Gasteiger partial charge on any atom is -0.481 e. The van der Waals surface area contributed by atoms with E-state index >= 15 is 0 Å². The van der Waals surface area contributed by atoms with Crippen molar-refractivity contribution in [3.63, 3.8) is 0 Å².